The van der Waals surface area contributed by atoms with E-state index >= 15 is 0 Å². The van der Waals surface area contributed by atoms with Crippen LogP contribution in [0.15, 0.2) is 0 Å². The van der Waals surface area contributed by atoms with E-state index in [2.05, 4.69) is 12.2 Å². The molecule has 3 heteroatoms. The molecule has 102 valence electrons. The minimum atomic E-state index is -0.374. The molecular weight excluding hydrogens is 214 g/mol. The fourth-order valence-electron chi connectivity index (χ4n) is 2.48. The zero-order valence-electron chi connectivity index (χ0n) is 11.4. The maximum atomic E-state index is 9.16. The summed E-state index contributed by atoms with van der Waals surface area (Å²) in [7, 11) is 0. The third-order valence-corrected chi connectivity index (χ3v) is 4.18. The molecular formula is C14H29NO2. The zero-order chi connectivity index (χ0) is 12.7. The second-order valence-corrected chi connectivity index (χ2v) is 6.22. The third-order valence-electron chi connectivity index (χ3n) is 4.18. The fourth-order valence-corrected chi connectivity index (χ4v) is 2.48. The number of hydrogen-bond acceptors (Lipinski definition) is 3. The van der Waals surface area contributed by atoms with Gasteiger partial charge in [-0.1, -0.05) is 39.5 Å². The second kappa shape index (κ2) is 7.34. The average Bonchev–Trinajstić information content (AvgIpc) is 2.36. The van der Waals surface area contributed by atoms with Gasteiger partial charge in [0.15, 0.2) is 0 Å². The van der Waals surface area contributed by atoms with Crippen molar-refractivity contribution in [2.24, 2.45) is 17.3 Å². The number of hydrogen-bond donors (Lipinski definition) is 3. The second-order valence-electron chi connectivity index (χ2n) is 6.22. The lowest BCUT2D eigenvalue weighted by atomic mass is 9.81. The molecule has 0 aromatic rings. The Labute approximate surface area is 106 Å². The van der Waals surface area contributed by atoms with Gasteiger partial charge in [-0.25, -0.2) is 0 Å². The predicted molar refractivity (Wildman–Crippen MR) is 70.9 cm³/mol. The molecule has 3 N–H and O–H groups in total. The van der Waals surface area contributed by atoms with Gasteiger partial charge in [0.2, 0.25) is 0 Å². The van der Waals surface area contributed by atoms with Crippen molar-refractivity contribution in [1.82, 2.24) is 5.32 Å². The van der Waals surface area contributed by atoms with Crippen LogP contribution in [-0.2, 0) is 0 Å². The Kier molecular flexibility index (Phi) is 6.45. The molecule has 0 aromatic carbocycles. The summed E-state index contributed by atoms with van der Waals surface area (Å²) in [6, 6.07) is 0. The van der Waals surface area contributed by atoms with E-state index in [4.69, 9.17) is 10.2 Å². The summed E-state index contributed by atoms with van der Waals surface area (Å²) >= 11 is 0. The minimum Gasteiger partial charge on any atom is -0.396 e. The lowest BCUT2D eigenvalue weighted by Crippen LogP contribution is -2.38. The van der Waals surface area contributed by atoms with Gasteiger partial charge < -0.3 is 15.5 Å². The van der Waals surface area contributed by atoms with Gasteiger partial charge >= 0.3 is 0 Å². The molecule has 1 fully saturated rings. The van der Waals surface area contributed by atoms with Crippen LogP contribution in [0.4, 0.5) is 0 Å². The monoisotopic (exact) mass is 243 g/mol. The van der Waals surface area contributed by atoms with Gasteiger partial charge in [0.05, 0.1) is 13.2 Å². The van der Waals surface area contributed by atoms with Crippen LogP contribution in [0.3, 0.4) is 0 Å². The van der Waals surface area contributed by atoms with Gasteiger partial charge in [-0.2, -0.15) is 0 Å². The average molecular weight is 243 g/mol. The number of aliphatic hydroxyl groups excluding tert-OH is 2. The van der Waals surface area contributed by atoms with Gasteiger partial charge in [0, 0.05) is 12.0 Å². The Morgan fingerprint density at radius 1 is 1.12 bits per heavy atom. The summed E-state index contributed by atoms with van der Waals surface area (Å²) in [5, 5.41) is 21.7. The quantitative estimate of drug-likeness (QED) is 0.598. The van der Waals surface area contributed by atoms with Crippen LogP contribution < -0.4 is 5.32 Å². The highest BCUT2D eigenvalue weighted by Gasteiger charge is 2.22. The Hall–Kier alpha value is -0.120. The third kappa shape index (κ3) is 5.36. The van der Waals surface area contributed by atoms with E-state index in [-0.39, 0.29) is 18.6 Å². The van der Waals surface area contributed by atoms with Gasteiger partial charge in [0.25, 0.3) is 0 Å². The first-order chi connectivity index (χ1) is 8.09. The fraction of sp³-hybridized carbons (Fsp3) is 1.00. The molecule has 17 heavy (non-hydrogen) atoms. The molecule has 0 amide bonds. The van der Waals surface area contributed by atoms with Crippen molar-refractivity contribution < 1.29 is 10.2 Å². The summed E-state index contributed by atoms with van der Waals surface area (Å²) in [6.07, 6.45) is 6.76. The van der Waals surface area contributed by atoms with Crippen LogP contribution in [-0.4, -0.2) is 36.5 Å². The van der Waals surface area contributed by atoms with Gasteiger partial charge in [-0.15, -0.1) is 0 Å². The summed E-state index contributed by atoms with van der Waals surface area (Å²) < 4.78 is 0. The first-order valence-electron chi connectivity index (χ1n) is 7.02. The van der Waals surface area contributed by atoms with Gasteiger partial charge in [-0.05, 0) is 24.8 Å². The summed E-state index contributed by atoms with van der Waals surface area (Å²) in [6.45, 7) is 6.04. The van der Waals surface area contributed by atoms with Gasteiger partial charge in [-0.3, -0.25) is 0 Å². The van der Waals surface area contributed by atoms with Crippen LogP contribution in [0.25, 0.3) is 0 Å². The van der Waals surface area contributed by atoms with E-state index in [9.17, 15) is 0 Å². The molecule has 0 aromatic heterocycles. The Balaban J connectivity index is 2.08. The molecule has 0 atom stereocenters. The molecule has 0 bridgehead atoms. The van der Waals surface area contributed by atoms with E-state index < -0.39 is 0 Å². The molecule has 0 spiro atoms. The summed E-state index contributed by atoms with van der Waals surface area (Å²) in [5.74, 6) is 1.81. The van der Waals surface area contributed by atoms with Crippen molar-refractivity contribution in [2.75, 3.05) is 26.3 Å². The maximum Gasteiger partial charge on any atom is 0.0518 e. The molecule has 1 aliphatic rings. The van der Waals surface area contributed by atoms with Crippen molar-refractivity contribution in [3.05, 3.63) is 0 Å². The first-order valence-corrected chi connectivity index (χ1v) is 7.02. The molecule has 0 radical (unpaired) electrons. The molecule has 0 unspecified atom stereocenters. The van der Waals surface area contributed by atoms with Crippen molar-refractivity contribution in [3.8, 4) is 0 Å². The van der Waals surface area contributed by atoms with E-state index in [0.717, 1.165) is 18.4 Å². The largest absolute Gasteiger partial charge is 0.396 e. The van der Waals surface area contributed by atoms with Crippen molar-refractivity contribution >= 4 is 0 Å². The summed E-state index contributed by atoms with van der Waals surface area (Å²) in [4.78, 5) is 0. The predicted octanol–water partition coefficient (Wildman–Crippen LogP) is 1.78. The van der Waals surface area contributed by atoms with Crippen LogP contribution in [0.2, 0.25) is 0 Å². The van der Waals surface area contributed by atoms with Crippen LogP contribution >= 0.6 is 0 Å². The molecule has 1 rings (SSSR count). The Morgan fingerprint density at radius 2 is 1.71 bits per heavy atom. The normalized spacial score (nSPS) is 26.1. The topological polar surface area (TPSA) is 52.5 Å². The van der Waals surface area contributed by atoms with Crippen LogP contribution in [0.5, 0.6) is 0 Å². The highest BCUT2D eigenvalue weighted by atomic mass is 16.3. The highest BCUT2D eigenvalue weighted by Crippen LogP contribution is 2.29. The SMILES string of the molecule is CC1CCC(CCNCC(C)(CO)CO)CC1. The lowest BCUT2D eigenvalue weighted by Gasteiger charge is -2.28. The smallest absolute Gasteiger partial charge is 0.0518 e. The van der Waals surface area contributed by atoms with E-state index in [1.165, 1.54) is 32.1 Å². The molecule has 0 saturated heterocycles. The van der Waals surface area contributed by atoms with Gasteiger partial charge in [0.1, 0.15) is 0 Å². The molecule has 1 aliphatic carbocycles. The molecule has 3 nitrogen and oxygen atoms in total. The molecule has 0 aliphatic heterocycles. The van der Waals surface area contributed by atoms with E-state index in [0.29, 0.717) is 6.54 Å². The van der Waals surface area contributed by atoms with Crippen LogP contribution in [0, 0.1) is 17.3 Å². The Morgan fingerprint density at radius 3 is 2.24 bits per heavy atom. The standard InChI is InChI=1S/C14H29NO2/c1-12-3-5-13(6-4-12)7-8-15-9-14(2,10-16)11-17/h12-13,15-17H,3-11H2,1-2H3. The van der Waals surface area contributed by atoms with Crippen molar-refractivity contribution in [3.63, 3.8) is 0 Å². The number of aliphatic hydroxyl groups is 2. The van der Waals surface area contributed by atoms with Crippen LogP contribution in [0.1, 0.15) is 46.0 Å². The van der Waals surface area contributed by atoms with Crippen molar-refractivity contribution in [1.29, 1.82) is 0 Å². The highest BCUT2D eigenvalue weighted by molar-refractivity contribution is 4.76. The maximum absolute atomic E-state index is 9.16. The summed E-state index contributed by atoms with van der Waals surface area (Å²) in [5.41, 5.74) is -0.374. The number of nitrogens with one attached hydrogen (secondary N) is 1. The van der Waals surface area contributed by atoms with E-state index in [1.807, 2.05) is 6.92 Å². The lowest BCUT2D eigenvalue weighted by molar-refractivity contribution is 0.0694. The minimum absolute atomic E-state index is 0.0391. The number of rotatable bonds is 7. The Bertz CT molecular complexity index is 196. The van der Waals surface area contributed by atoms with Crippen molar-refractivity contribution in [2.45, 2.75) is 46.0 Å². The molecule has 0 heterocycles. The zero-order valence-corrected chi connectivity index (χ0v) is 11.4. The first kappa shape index (κ1) is 14.9. The van der Waals surface area contributed by atoms with E-state index in [1.54, 1.807) is 0 Å². The molecule has 1 saturated carbocycles.